The van der Waals surface area contributed by atoms with Crippen LogP contribution in [0.2, 0.25) is 0 Å². The van der Waals surface area contributed by atoms with Gasteiger partial charge in [-0.2, -0.15) is 0 Å². The Hall–Kier alpha value is -1.16. The van der Waals surface area contributed by atoms with E-state index in [2.05, 4.69) is 24.1 Å². The molecule has 1 heterocycles. The lowest BCUT2D eigenvalue weighted by Gasteiger charge is -2.16. The van der Waals surface area contributed by atoms with Gasteiger partial charge in [-0.15, -0.1) is 0 Å². The highest BCUT2D eigenvalue weighted by molar-refractivity contribution is 7.80. The molecule has 0 saturated heterocycles. The van der Waals surface area contributed by atoms with Crippen molar-refractivity contribution in [2.75, 3.05) is 5.32 Å². The molecule has 0 aliphatic rings. The van der Waals surface area contributed by atoms with Gasteiger partial charge in [-0.1, -0.05) is 25.6 Å². The molecule has 0 saturated carbocycles. The fraction of sp³-hybridized carbons (Fsp3) is 0.500. The summed E-state index contributed by atoms with van der Waals surface area (Å²) in [6, 6.07) is 4.22. The Morgan fingerprint density at radius 3 is 2.81 bits per heavy atom. The minimum Gasteiger partial charge on any atom is -0.389 e. The second kappa shape index (κ2) is 5.80. The molecule has 88 valence electrons. The smallest absolute Gasteiger partial charge is 0.136 e. The second-order valence-electron chi connectivity index (χ2n) is 4.05. The standard InChI is InChI=1S/C12H19N3S/c1-4-5-8(2)14-12-10(11(13)16)7-6-9(3)15-12/h6-8H,4-5H2,1-3H3,(H2,13,16)(H,14,15). The molecule has 0 aromatic carbocycles. The Balaban J connectivity index is 2.92. The van der Waals surface area contributed by atoms with Gasteiger partial charge in [-0.05, 0) is 32.4 Å². The van der Waals surface area contributed by atoms with E-state index in [1.165, 1.54) is 0 Å². The highest BCUT2D eigenvalue weighted by atomic mass is 32.1. The number of hydrogen-bond donors (Lipinski definition) is 2. The second-order valence-corrected chi connectivity index (χ2v) is 4.49. The van der Waals surface area contributed by atoms with E-state index >= 15 is 0 Å². The first-order valence-corrected chi connectivity index (χ1v) is 5.99. The summed E-state index contributed by atoms with van der Waals surface area (Å²) >= 11 is 5.01. The minimum atomic E-state index is 0.382. The highest BCUT2D eigenvalue weighted by Gasteiger charge is 2.09. The van der Waals surface area contributed by atoms with Crippen molar-refractivity contribution in [2.45, 2.75) is 39.7 Å². The molecule has 1 rings (SSSR count). The van der Waals surface area contributed by atoms with Gasteiger partial charge in [0.2, 0.25) is 0 Å². The van der Waals surface area contributed by atoms with Crippen LogP contribution in [0.15, 0.2) is 12.1 Å². The number of nitrogens with two attached hydrogens (primary N) is 1. The number of nitrogens with zero attached hydrogens (tertiary/aromatic N) is 1. The average molecular weight is 237 g/mol. The van der Waals surface area contributed by atoms with Crippen molar-refractivity contribution in [1.82, 2.24) is 4.98 Å². The van der Waals surface area contributed by atoms with Crippen LogP contribution >= 0.6 is 12.2 Å². The lowest BCUT2D eigenvalue weighted by atomic mass is 10.1. The first-order valence-electron chi connectivity index (χ1n) is 5.58. The number of aryl methyl sites for hydroxylation is 1. The molecule has 0 radical (unpaired) electrons. The van der Waals surface area contributed by atoms with Crippen LogP contribution in [0.25, 0.3) is 0 Å². The molecule has 16 heavy (non-hydrogen) atoms. The topological polar surface area (TPSA) is 50.9 Å². The van der Waals surface area contributed by atoms with Gasteiger partial charge in [-0.3, -0.25) is 0 Å². The molecule has 0 aliphatic heterocycles. The van der Waals surface area contributed by atoms with Crippen molar-refractivity contribution < 1.29 is 0 Å². The third-order valence-corrected chi connectivity index (χ3v) is 2.62. The minimum absolute atomic E-state index is 0.382. The quantitative estimate of drug-likeness (QED) is 0.773. The van der Waals surface area contributed by atoms with Crippen LogP contribution in [0, 0.1) is 6.92 Å². The van der Waals surface area contributed by atoms with Crippen LogP contribution in [0.5, 0.6) is 0 Å². The Bertz CT molecular complexity index is 377. The molecular formula is C12H19N3S. The molecule has 1 unspecified atom stereocenters. The molecule has 0 fully saturated rings. The molecule has 1 atom stereocenters. The molecule has 3 nitrogen and oxygen atoms in total. The monoisotopic (exact) mass is 237 g/mol. The molecular weight excluding hydrogens is 218 g/mol. The normalized spacial score (nSPS) is 12.2. The lowest BCUT2D eigenvalue weighted by Crippen LogP contribution is -2.20. The Labute approximate surface area is 102 Å². The van der Waals surface area contributed by atoms with Crippen molar-refractivity contribution in [3.8, 4) is 0 Å². The summed E-state index contributed by atoms with van der Waals surface area (Å²) in [5.41, 5.74) is 7.45. The highest BCUT2D eigenvalue weighted by Crippen LogP contribution is 2.15. The third-order valence-electron chi connectivity index (χ3n) is 2.40. The van der Waals surface area contributed by atoms with E-state index in [0.29, 0.717) is 11.0 Å². The zero-order chi connectivity index (χ0) is 12.1. The van der Waals surface area contributed by atoms with E-state index in [-0.39, 0.29) is 0 Å². The summed E-state index contributed by atoms with van der Waals surface area (Å²) in [6.07, 6.45) is 2.24. The zero-order valence-electron chi connectivity index (χ0n) is 10.1. The third kappa shape index (κ3) is 3.45. The number of rotatable bonds is 5. The SMILES string of the molecule is CCCC(C)Nc1nc(C)ccc1C(N)=S. The summed E-state index contributed by atoms with van der Waals surface area (Å²) in [5.74, 6) is 0.799. The van der Waals surface area contributed by atoms with Crippen molar-refractivity contribution in [1.29, 1.82) is 0 Å². The first kappa shape index (κ1) is 12.9. The van der Waals surface area contributed by atoms with Gasteiger partial charge in [0.25, 0.3) is 0 Å². The van der Waals surface area contributed by atoms with Gasteiger partial charge in [0.05, 0.1) is 5.56 Å². The number of aromatic nitrogens is 1. The molecule has 4 heteroatoms. The maximum atomic E-state index is 5.67. The summed E-state index contributed by atoms with van der Waals surface area (Å²) in [6.45, 7) is 6.26. The Kier molecular flexibility index (Phi) is 4.68. The number of hydrogen-bond acceptors (Lipinski definition) is 3. The van der Waals surface area contributed by atoms with E-state index in [1.54, 1.807) is 0 Å². The molecule has 0 amide bonds. The van der Waals surface area contributed by atoms with Gasteiger partial charge in [0.15, 0.2) is 0 Å². The molecule has 0 bridgehead atoms. The molecule has 1 aromatic heterocycles. The van der Waals surface area contributed by atoms with Crippen molar-refractivity contribution in [3.63, 3.8) is 0 Å². The molecule has 0 spiro atoms. The van der Waals surface area contributed by atoms with E-state index in [0.717, 1.165) is 29.9 Å². The maximum Gasteiger partial charge on any atom is 0.136 e. The van der Waals surface area contributed by atoms with Crippen LogP contribution in [-0.2, 0) is 0 Å². The fourth-order valence-electron chi connectivity index (χ4n) is 1.60. The number of pyridine rings is 1. The average Bonchev–Trinajstić information content (AvgIpc) is 2.17. The van der Waals surface area contributed by atoms with Crippen molar-refractivity contribution in [3.05, 3.63) is 23.4 Å². The van der Waals surface area contributed by atoms with Crippen molar-refractivity contribution >= 4 is 23.0 Å². The van der Waals surface area contributed by atoms with E-state index in [9.17, 15) is 0 Å². The first-order chi connectivity index (χ1) is 7.54. The summed E-state index contributed by atoms with van der Waals surface area (Å²) in [4.78, 5) is 4.83. The van der Waals surface area contributed by atoms with Gasteiger partial charge in [0.1, 0.15) is 10.8 Å². The maximum absolute atomic E-state index is 5.67. The Morgan fingerprint density at radius 2 is 2.25 bits per heavy atom. The predicted molar refractivity (Wildman–Crippen MR) is 72.9 cm³/mol. The van der Waals surface area contributed by atoms with E-state index in [4.69, 9.17) is 18.0 Å². The lowest BCUT2D eigenvalue weighted by molar-refractivity contribution is 0.687. The van der Waals surface area contributed by atoms with Gasteiger partial charge in [0, 0.05) is 11.7 Å². The van der Waals surface area contributed by atoms with Crippen LogP contribution in [0.4, 0.5) is 5.82 Å². The van der Waals surface area contributed by atoms with Gasteiger partial charge >= 0.3 is 0 Å². The fourth-order valence-corrected chi connectivity index (χ4v) is 1.77. The number of nitrogens with one attached hydrogen (secondary N) is 1. The molecule has 0 aliphatic carbocycles. The zero-order valence-corrected chi connectivity index (χ0v) is 10.9. The number of thiocarbonyl (C=S) groups is 1. The summed E-state index contributed by atoms with van der Waals surface area (Å²) < 4.78 is 0. The van der Waals surface area contributed by atoms with Crippen LogP contribution in [-0.4, -0.2) is 16.0 Å². The largest absolute Gasteiger partial charge is 0.389 e. The van der Waals surface area contributed by atoms with Crippen LogP contribution < -0.4 is 11.1 Å². The van der Waals surface area contributed by atoms with Crippen LogP contribution in [0.3, 0.4) is 0 Å². The van der Waals surface area contributed by atoms with E-state index in [1.807, 2.05) is 19.1 Å². The van der Waals surface area contributed by atoms with Gasteiger partial charge in [-0.25, -0.2) is 4.98 Å². The predicted octanol–water partition coefficient (Wildman–Crippen LogP) is 2.62. The number of anilines is 1. The Morgan fingerprint density at radius 1 is 1.56 bits per heavy atom. The summed E-state index contributed by atoms with van der Waals surface area (Å²) in [5, 5.41) is 3.35. The van der Waals surface area contributed by atoms with E-state index < -0.39 is 0 Å². The van der Waals surface area contributed by atoms with Gasteiger partial charge < -0.3 is 11.1 Å². The molecule has 3 N–H and O–H groups in total. The van der Waals surface area contributed by atoms with Crippen molar-refractivity contribution in [2.24, 2.45) is 5.73 Å². The molecule has 1 aromatic rings. The van der Waals surface area contributed by atoms with Crippen LogP contribution in [0.1, 0.15) is 37.9 Å². The summed E-state index contributed by atoms with van der Waals surface area (Å²) in [7, 11) is 0.